The van der Waals surface area contributed by atoms with Gasteiger partial charge in [0.1, 0.15) is 12.4 Å². The van der Waals surface area contributed by atoms with Gasteiger partial charge in [-0.3, -0.25) is 14.3 Å². The van der Waals surface area contributed by atoms with E-state index in [1.165, 1.54) is 25.3 Å². The minimum absolute atomic E-state index is 0.0960. The Morgan fingerprint density at radius 3 is 2.75 bits per heavy atom. The lowest BCUT2D eigenvalue weighted by Crippen LogP contribution is -2.29. The lowest BCUT2D eigenvalue weighted by Gasteiger charge is -2.03. The van der Waals surface area contributed by atoms with Crippen molar-refractivity contribution >= 4 is 7.82 Å². The summed E-state index contributed by atoms with van der Waals surface area (Å²) in [6.07, 6.45) is 1.30. The molecular formula is C10H11N2O7P. The molecule has 10 heteroatoms. The van der Waals surface area contributed by atoms with E-state index in [2.05, 4.69) is 9.51 Å². The fourth-order valence-corrected chi connectivity index (χ4v) is 1.75. The van der Waals surface area contributed by atoms with Crippen LogP contribution in [0.2, 0.25) is 0 Å². The number of phosphoric ester groups is 1. The van der Waals surface area contributed by atoms with E-state index in [-0.39, 0.29) is 11.6 Å². The van der Waals surface area contributed by atoms with Crippen LogP contribution in [0.15, 0.2) is 32.3 Å². The van der Waals surface area contributed by atoms with Crippen molar-refractivity contribution in [1.29, 1.82) is 0 Å². The molecule has 0 aliphatic heterocycles. The number of phosphoric acid groups is 1. The summed E-state index contributed by atoms with van der Waals surface area (Å²) in [5.74, 6) is 0.220. The van der Waals surface area contributed by atoms with Crippen molar-refractivity contribution in [2.75, 3.05) is 0 Å². The molecule has 0 saturated carbocycles. The normalized spacial score (nSPS) is 11.8. The van der Waals surface area contributed by atoms with Crippen molar-refractivity contribution in [3.8, 4) is 5.88 Å². The average Bonchev–Trinajstić information content (AvgIpc) is 2.79. The maximum Gasteiger partial charge on any atom is 0.470 e. The molecule has 2 rings (SSSR count). The van der Waals surface area contributed by atoms with E-state index in [1.807, 2.05) is 0 Å². The first-order valence-electron chi connectivity index (χ1n) is 5.38. The molecule has 3 N–H and O–H groups in total. The molecular weight excluding hydrogens is 291 g/mol. The summed E-state index contributed by atoms with van der Waals surface area (Å²) in [4.78, 5) is 42.1. The van der Waals surface area contributed by atoms with Crippen LogP contribution in [0.1, 0.15) is 11.3 Å². The molecule has 2 aromatic rings. The van der Waals surface area contributed by atoms with Crippen molar-refractivity contribution in [3.63, 3.8) is 0 Å². The Kier molecular flexibility index (Phi) is 3.78. The standard InChI is InChI=1S/C10H11N2O7P/c1-6-4-12(10(14)11-9(6)13)8-3-2-7(19-8)5-18-20(15,16)17/h2-4H,5H2,1H3,(H,11,13,14)(H2,15,16,17). The van der Waals surface area contributed by atoms with Crippen LogP contribution in [0.5, 0.6) is 0 Å². The first-order chi connectivity index (χ1) is 9.26. The molecule has 108 valence electrons. The molecule has 0 amide bonds. The van der Waals surface area contributed by atoms with Crippen molar-refractivity contribution < 1.29 is 23.3 Å². The van der Waals surface area contributed by atoms with Crippen LogP contribution in [0.4, 0.5) is 0 Å². The molecule has 0 radical (unpaired) electrons. The quantitative estimate of drug-likeness (QED) is 0.678. The monoisotopic (exact) mass is 302 g/mol. The largest absolute Gasteiger partial charge is 0.470 e. The van der Waals surface area contributed by atoms with E-state index in [1.54, 1.807) is 0 Å². The van der Waals surface area contributed by atoms with Crippen molar-refractivity contribution in [2.45, 2.75) is 13.5 Å². The lowest BCUT2D eigenvalue weighted by atomic mass is 10.4. The second kappa shape index (κ2) is 5.22. The number of aryl methyl sites for hydroxylation is 1. The minimum Gasteiger partial charge on any atom is -0.442 e. The molecule has 0 aromatic carbocycles. The van der Waals surface area contributed by atoms with Gasteiger partial charge in [-0.2, -0.15) is 0 Å². The van der Waals surface area contributed by atoms with Crippen LogP contribution >= 0.6 is 7.82 Å². The molecule has 0 aliphatic carbocycles. The Labute approximate surface area is 111 Å². The van der Waals surface area contributed by atoms with E-state index < -0.39 is 25.7 Å². The second-order valence-electron chi connectivity index (χ2n) is 3.95. The van der Waals surface area contributed by atoms with E-state index in [4.69, 9.17) is 14.2 Å². The van der Waals surface area contributed by atoms with Crippen LogP contribution < -0.4 is 11.2 Å². The van der Waals surface area contributed by atoms with Gasteiger partial charge in [-0.1, -0.05) is 0 Å². The number of aromatic amines is 1. The topological polar surface area (TPSA) is 135 Å². The maximum atomic E-state index is 11.6. The van der Waals surface area contributed by atoms with Gasteiger partial charge in [0, 0.05) is 17.8 Å². The minimum atomic E-state index is -4.59. The zero-order chi connectivity index (χ0) is 14.9. The molecule has 0 atom stereocenters. The summed E-state index contributed by atoms with van der Waals surface area (Å²) in [5, 5.41) is 0. The fraction of sp³-hybridized carbons (Fsp3) is 0.200. The predicted molar refractivity (Wildman–Crippen MR) is 66.5 cm³/mol. The zero-order valence-corrected chi connectivity index (χ0v) is 11.2. The first kappa shape index (κ1) is 14.5. The number of furan rings is 1. The van der Waals surface area contributed by atoms with Crippen molar-refractivity contribution in [3.05, 3.63) is 50.5 Å². The zero-order valence-electron chi connectivity index (χ0n) is 10.3. The van der Waals surface area contributed by atoms with Crippen LogP contribution in [0.3, 0.4) is 0 Å². The van der Waals surface area contributed by atoms with Gasteiger partial charge in [0.2, 0.25) is 5.88 Å². The fourth-order valence-electron chi connectivity index (χ4n) is 1.45. The Bertz CT molecular complexity index is 781. The van der Waals surface area contributed by atoms with Gasteiger partial charge in [-0.05, 0) is 13.0 Å². The summed E-state index contributed by atoms with van der Waals surface area (Å²) < 4.78 is 21.1. The van der Waals surface area contributed by atoms with Crippen molar-refractivity contribution in [2.24, 2.45) is 0 Å². The lowest BCUT2D eigenvalue weighted by molar-refractivity contribution is 0.175. The summed E-state index contributed by atoms with van der Waals surface area (Å²) in [6, 6.07) is 2.81. The molecule has 9 nitrogen and oxygen atoms in total. The summed E-state index contributed by atoms with van der Waals surface area (Å²) in [5.41, 5.74) is -0.866. The van der Waals surface area contributed by atoms with Crippen LogP contribution in [0, 0.1) is 6.92 Å². The first-order valence-corrected chi connectivity index (χ1v) is 6.91. The highest BCUT2D eigenvalue weighted by atomic mass is 31.2. The number of nitrogens with one attached hydrogen (secondary N) is 1. The Morgan fingerprint density at radius 1 is 1.40 bits per heavy atom. The van der Waals surface area contributed by atoms with E-state index >= 15 is 0 Å². The van der Waals surface area contributed by atoms with Crippen LogP contribution in [-0.2, 0) is 15.7 Å². The molecule has 2 aromatic heterocycles. The number of hydrogen-bond donors (Lipinski definition) is 3. The summed E-state index contributed by atoms with van der Waals surface area (Å²) in [6.45, 7) is 1.08. The van der Waals surface area contributed by atoms with E-state index in [9.17, 15) is 14.2 Å². The number of hydrogen-bond acceptors (Lipinski definition) is 5. The number of nitrogens with zero attached hydrogens (tertiary/aromatic N) is 1. The predicted octanol–water partition coefficient (Wildman–Crippen LogP) is 0.0365. The molecule has 0 fully saturated rings. The van der Waals surface area contributed by atoms with Gasteiger partial charge >= 0.3 is 13.5 Å². The summed E-state index contributed by atoms with van der Waals surface area (Å²) >= 11 is 0. The third-order valence-corrected chi connectivity index (χ3v) is 2.85. The highest BCUT2D eigenvalue weighted by Gasteiger charge is 2.15. The van der Waals surface area contributed by atoms with E-state index in [0.29, 0.717) is 5.56 Å². The molecule has 2 heterocycles. The van der Waals surface area contributed by atoms with Crippen LogP contribution in [0.25, 0.3) is 5.88 Å². The molecule has 0 spiro atoms. The Balaban J connectivity index is 2.30. The van der Waals surface area contributed by atoms with Gasteiger partial charge < -0.3 is 14.2 Å². The Hall–Kier alpha value is -1.93. The van der Waals surface area contributed by atoms with Gasteiger partial charge in [0.05, 0.1) is 0 Å². The highest BCUT2D eigenvalue weighted by molar-refractivity contribution is 7.46. The van der Waals surface area contributed by atoms with Gasteiger partial charge in [0.15, 0.2) is 0 Å². The molecule has 0 aliphatic rings. The van der Waals surface area contributed by atoms with Crippen molar-refractivity contribution in [1.82, 2.24) is 9.55 Å². The number of H-pyrrole nitrogens is 1. The second-order valence-corrected chi connectivity index (χ2v) is 5.18. The molecule has 0 saturated heterocycles. The SMILES string of the molecule is Cc1cn(-c2ccc(COP(=O)(O)O)o2)c(=O)[nH]c1=O. The van der Waals surface area contributed by atoms with E-state index in [0.717, 1.165) is 4.57 Å². The van der Waals surface area contributed by atoms with Gasteiger partial charge in [-0.25, -0.2) is 13.9 Å². The van der Waals surface area contributed by atoms with Gasteiger partial charge in [0.25, 0.3) is 5.56 Å². The molecule has 0 unspecified atom stereocenters. The average molecular weight is 302 g/mol. The third kappa shape index (κ3) is 3.34. The molecule has 0 bridgehead atoms. The maximum absolute atomic E-state index is 11.6. The smallest absolute Gasteiger partial charge is 0.442 e. The van der Waals surface area contributed by atoms with Crippen LogP contribution in [-0.4, -0.2) is 19.3 Å². The number of rotatable bonds is 4. The molecule has 20 heavy (non-hydrogen) atoms. The van der Waals surface area contributed by atoms with Gasteiger partial charge in [-0.15, -0.1) is 0 Å². The highest BCUT2D eigenvalue weighted by Crippen LogP contribution is 2.37. The number of aromatic nitrogens is 2. The third-order valence-electron chi connectivity index (χ3n) is 2.38. The Morgan fingerprint density at radius 2 is 2.10 bits per heavy atom. The summed E-state index contributed by atoms with van der Waals surface area (Å²) in [7, 11) is -4.59.